The highest BCUT2D eigenvalue weighted by Crippen LogP contribution is 2.37. The zero-order chi connectivity index (χ0) is 76.5. The molecule has 0 saturated carbocycles. The Balaban J connectivity index is 4.89. The summed E-state index contributed by atoms with van der Waals surface area (Å²) in [6, 6.07) is 0. The summed E-state index contributed by atoms with van der Waals surface area (Å²) in [6.07, 6.45) is -20.9. The molecule has 0 fully saturated rings. The van der Waals surface area contributed by atoms with Crippen molar-refractivity contribution >= 4 is 59.1 Å². The number of amides is 6. The molecule has 0 aromatic heterocycles. The van der Waals surface area contributed by atoms with E-state index in [-0.39, 0.29) is 173 Å². The number of unbranched alkanes of at least 4 members (excludes halogenated alkanes) is 3. The molecule has 42 nitrogen and oxygen atoms in total. The molecular formula is C56H111N6O36P3. The third-order valence-electron chi connectivity index (χ3n) is 14.3. The minimum atomic E-state index is -4.82. The Morgan fingerprint density at radius 1 is 0.337 bits per heavy atom. The van der Waals surface area contributed by atoms with Gasteiger partial charge in [0.15, 0.2) is 18.9 Å². The first-order valence-corrected chi connectivity index (χ1v) is 37.5. The molecule has 0 aromatic carbocycles. The zero-order valence-electron chi connectivity index (χ0n) is 56.6. The highest BCUT2D eigenvalue weighted by molar-refractivity contribution is 7.46. The van der Waals surface area contributed by atoms with E-state index in [1.54, 1.807) is 0 Å². The van der Waals surface area contributed by atoms with E-state index in [0.717, 1.165) is 0 Å². The van der Waals surface area contributed by atoms with Gasteiger partial charge in [-0.2, -0.15) is 0 Å². The van der Waals surface area contributed by atoms with Crippen molar-refractivity contribution in [1.82, 2.24) is 31.9 Å². The van der Waals surface area contributed by atoms with E-state index in [4.69, 9.17) is 57.8 Å². The highest BCUT2D eigenvalue weighted by atomic mass is 31.2. The molecule has 0 aliphatic carbocycles. The van der Waals surface area contributed by atoms with Crippen molar-refractivity contribution in [2.45, 2.75) is 203 Å². The number of rotatable bonds is 65. The molecule has 24 N–H and O–H groups in total. The third kappa shape index (κ3) is 54.5. The largest absolute Gasteiger partial charge is 0.469 e. The van der Waals surface area contributed by atoms with Crippen LogP contribution < -0.4 is 31.9 Å². The van der Waals surface area contributed by atoms with Crippen LogP contribution in [0.4, 0.5) is 4.79 Å². The van der Waals surface area contributed by atoms with E-state index in [2.05, 4.69) is 45.5 Å². The molecule has 0 rings (SSSR count). The molecule has 12 atom stereocenters. The van der Waals surface area contributed by atoms with Crippen molar-refractivity contribution in [2.75, 3.05) is 112 Å². The monoisotopic (exact) mass is 1540 g/mol. The second-order valence-corrected chi connectivity index (χ2v) is 27.2. The summed E-state index contributed by atoms with van der Waals surface area (Å²) in [6.45, 7) is 1.02. The van der Waals surface area contributed by atoms with E-state index in [0.29, 0.717) is 51.4 Å². The topological polar surface area (TPSA) is 673 Å². The SMILES string of the molecule is CC(CCCOC(=O)NCCCNC(=O)CCCCOC(O)C(O)C(O)C(O)CCOP(=O)(O)O)(COCCC(=O)NCCCNC(=O)CCCCOC(O)C(O)C(O)C(O)CCOP(=O)(O)O)COCCC(=O)NCCCNC(=O)CCCCOC(O)C(O)C(O)C(O)CCOP(=O)(O)O. The van der Waals surface area contributed by atoms with Crippen molar-refractivity contribution in [3.63, 3.8) is 0 Å². The first-order chi connectivity index (χ1) is 47.4. The summed E-state index contributed by atoms with van der Waals surface area (Å²) in [7, 11) is -14.4. The molecule has 0 saturated heterocycles. The number of aliphatic hydroxyl groups is 12. The Bertz CT molecular complexity index is 2150. The third-order valence-corrected chi connectivity index (χ3v) is 15.9. The maximum absolute atomic E-state index is 12.6. The molecule has 0 bridgehead atoms. The number of hydrogen-bond donors (Lipinski definition) is 24. The van der Waals surface area contributed by atoms with Crippen molar-refractivity contribution in [1.29, 1.82) is 0 Å². The van der Waals surface area contributed by atoms with Crippen molar-refractivity contribution in [3.05, 3.63) is 0 Å². The summed E-state index contributed by atoms with van der Waals surface area (Å²) >= 11 is 0. The second-order valence-electron chi connectivity index (χ2n) is 23.5. The lowest BCUT2D eigenvalue weighted by Crippen LogP contribution is -2.45. The van der Waals surface area contributed by atoms with Gasteiger partial charge in [-0.05, 0) is 89.9 Å². The van der Waals surface area contributed by atoms with E-state index in [1.807, 2.05) is 6.92 Å². The Labute approximate surface area is 584 Å². The normalized spacial score (nSPS) is 16.4. The van der Waals surface area contributed by atoms with Crippen LogP contribution in [0.1, 0.15) is 129 Å². The van der Waals surface area contributed by atoms with Gasteiger partial charge in [-0.1, -0.05) is 6.92 Å². The maximum Gasteiger partial charge on any atom is 0.469 e. The van der Waals surface area contributed by atoms with Gasteiger partial charge in [-0.15, -0.1) is 0 Å². The first-order valence-electron chi connectivity index (χ1n) is 32.9. The average Bonchev–Trinajstić information content (AvgIpc) is 0.938. The van der Waals surface area contributed by atoms with E-state index < -0.39 is 148 Å². The lowest BCUT2D eigenvalue weighted by molar-refractivity contribution is -0.203. The van der Waals surface area contributed by atoms with Gasteiger partial charge in [0.2, 0.25) is 29.5 Å². The van der Waals surface area contributed by atoms with E-state index in [1.165, 1.54) is 0 Å². The van der Waals surface area contributed by atoms with Gasteiger partial charge in [0, 0.05) is 96.6 Å². The van der Waals surface area contributed by atoms with Crippen LogP contribution in [0, 0.1) is 5.41 Å². The number of ether oxygens (including phenoxy) is 6. The van der Waals surface area contributed by atoms with Gasteiger partial charge in [-0.3, -0.25) is 37.5 Å². The molecule has 45 heteroatoms. The quantitative estimate of drug-likeness (QED) is 0.0153. The number of phosphoric acid groups is 3. The van der Waals surface area contributed by atoms with Gasteiger partial charge >= 0.3 is 29.6 Å². The number of hydrogen-bond acceptors (Lipinski definition) is 30. The van der Waals surface area contributed by atoms with Crippen molar-refractivity contribution < 1.29 is 175 Å². The van der Waals surface area contributed by atoms with Crippen LogP contribution in [-0.2, 0) is 79.7 Å². The summed E-state index contributed by atoms with van der Waals surface area (Å²) in [4.78, 5) is 127. The van der Waals surface area contributed by atoms with Gasteiger partial charge in [0.1, 0.15) is 36.6 Å². The standard InChI is InChI=1S/C56H111N6O36P3/c1-56(20-8-30-95-55(80)62-26-11-25-59-43(68)14-4-7-29-94-54(79)51(76)48(73)40(65)17-35-98-101(87,88)89,36-90-31-18-44(69)60-23-9-21-57-41(66)12-2-5-27-92-52(77)49(74)46(71)38(63)15-33-96-99(81,82)83)37-91-32-19-45(70)61-24-10-22-58-42(67)13-3-6-28-93-53(78)50(75)47(72)39(64)16-34-97-100(84,85)86/h38-40,46-54,63-65,71-79H,2-37H2,1H3,(H,57,66)(H,58,67)(H,59,68)(H,60,69)(H,61,70)(H,62,80)(H2,81,82,83)(H2,84,85,86)(H2,87,88,89). The van der Waals surface area contributed by atoms with Gasteiger partial charge in [0.25, 0.3) is 0 Å². The number of aliphatic hydroxyl groups excluding tert-OH is 12. The fourth-order valence-electron chi connectivity index (χ4n) is 8.55. The van der Waals surface area contributed by atoms with Crippen LogP contribution in [0.25, 0.3) is 0 Å². The van der Waals surface area contributed by atoms with Gasteiger partial charge in [-0.25, -0.2) is 18.5 Å². The van der Waals surface area contributed by atoms with E-state index in [9.17, 15) is 104 Å². The smallest absolute Gasteiger partial charge is 0.450 e. The summed E-state index contributed by atoms with van der Waals surface area (Å²) < 4.78 is 77.1. The molecular weight excluding hydrogens is 1430 g/mol. The maximum atomic E-state index is 12.6. The van der Waals surface area contributed by atoms with Crippen LogP contribution in [0.15, 0.2) is 0 Å². The van der Waals surface area contributed by atoms with Crippen molar-refractivity contribution in [2.24, 2.45) is 5.41 Å². The average molecular weight is 1540 g/mol. The Morgan fingerprint density at radius 3 is 0.901 bits per heavy atom. The molecule has 0 aliphatic rings. The number of phosphoric ester groups is 3. The van der Waals surface area contributed by atoms with Gasteiger partial charge < -0.3 is 151 Å². The van der Waals surface area contributed by atoms with E-state index >= 15 is 0 Å². The molecule has 0 heterocycles. The van der Waals surface area contributed by atoms with Crippen molar-refractivity contribution in [3.8, 4) is 0 Å². The number of carbonyl (C=O) groups excluding carboxylic acids is 6. The lowest BCUT2D eigenvalue weighted by atomic mass is 9.87. The number of nitrogens with one attached hydrogen (secondary N) is 6. The second kappa shape index (κ2) is 55.7. The molecule has 6 amide bonds. The molecule has 596 valence electrons. The highest BCUT2D eigenvalue weighted by Gasteiger charge is 2.35. The minimum absolute atomic E-state index is 0.0106. The Morgan fingerprint density at radius 2 is 0.614 bits per heavy atom. The lowest BCUT2D eigenvalue weighted by Gasteiger charge is -2.29. The van der Waals surface area contributed by atoms with Crippen LogP contribution in [0.3, 0.4) is 0 Å². The predicted octanol–water partition coefficient (Wildman–Crippen LogP) is -5.67. The van der Waals surface area contributed by atoms with Gasteiger partial charge in [0.05, 0.1) is 71.2 Å². The Kier molecular flexibility index (Phi) is 53.6. The molecule has 0 aromatic rings. The first kappa shape index (κ1) is 97.3. The molecule has 12 unspecified atom stereocenters. The molecule has 0 radical (unpaired) electrons. The zero-order valence-corrected chi connectivity index (χ0v) is 59.3. The summed E-state index contributed by atoms with van der Waals surface area (Å²) in [5.74, 6) is -1.58. The molecule has 0 spiro atoms. The summed E-state index contributed by atoms with van der Waals surface area (Å²) in [5, 5.41) is 136. The van der Waals surface area contributed by atoms with Crippen LogP contribution in [0.2, 0.25) is 0 Å². The van der Waals surface area contributed by atoms with Crippen LogP contribution in [-0.4, -0.2) is 312 Å². The van der Waals surface area contributed by atoms with Crippen LogP contribution >= 0.6 is 23.5 Å². The van der Waals surface area contributed by atoms with Crippen LogP contribution in [0.5, 0.6) is 0 Å². The predicted molar refractivity (Wildman–Crippen MR) is 346 cm³/mol. The minimum Gasteiger partial charge on any atom is -0.450 e. The fraction of sp³-hybridized carbons (Fsp3) is 0.893. The number of alkyl carbamates (subject to hydrolysis) is 1. The number of carbonyl (C=O) groups is 6. The molecule has 0 aliphatic heterocycles. The Hall–Kier alpha value is -3.73. The summed E-state index contributed by atoms with van der Waals surface area (Å²) in [5.41, 5.74) is -0.701. The fourth-order valence-corrected chi connectivity index (χ4v) is 9.58. The molecule has 101 heavy (non-hydrogen) atoms.